The van der Waals surface area contributed by atoms with Crippen LogP contribution in [0.15, 0.2) is 59.7 Å². The summed E-state index contributed by atoms with van der Waals surface area (Å²) in [6.45, 7) is 2.11. The number of aryl methyl sites for hydroxylation is 4. The first-order valence-electron chi connectivity index (χ1n) is 10.6. The Morgan fingerprint density at radius 3 is 2.27 bits per heavy atom. The van der Waals surface area contributed by atoms with Crippen LogP contribution in [0.4, 0.5) is 0 Å². The molecule has 7 heteroatoms. The molecule has 2 aromatic carbocycles. The zero-order chi connectivity index (χ0) is 21.8. The van der Waals surface area contributed by atoms with Gasteiger partial charge in [0.1, 0.15) is 0 Å². The van der Waals surface area contributed by atoms with E-state index >= 15 is 0 Å². The molecule has 5 aromatic rings. The minimum absolute atomic E-state index is 0. The van der Waals surface area contributed by atoms with Crippen molar-refractivity contribution >= 4 is 22.1 Å². The molecule has 0 unspecified atom stereocenters. The Hall–Kier alpha value is -3.61. The number of nitrogens with zero attached hydrogens (tertiary/aromatic N) is 4. The van der Waals surface area contributed by atoms with E-state index in [-0.39, 0.29) is 20.5 Å². The van der Waals surface area contributed by atoms with Gasteiger partial charge in [0.05, 0.1) is 34.1 Å². The maximum absolute atomic E-state index is 11.0. The third kappa shape index (κ3) is 5.61. The molecule has 7 nitrogen and oxygen atoms in total. The number of hydrogen-bond acceptors (Lipinski definition) is 3. The summed E-state index contributed by atoms with van der Waals surface area (Å²) < 4.78 is 3.60. The minimum atomic E-state index is -0.0637. The predicted molar refractivity (Wildman–Crippen MR) is 138 cm³/mol. The van der Waals surface area contributed by atoms with E-state index in [9.17, 15) is 4.79 Å². The summed E-state index contributed by atoms with van der Waals surface area (Å²) in [5.41, 5.74) is 8.07. The smallest absolute Gasteiger partial charge is 0.326 e. The van der Waals surface area contributed by atoms with Gasteiger partial charge in [0.25, 0.3) is 0 Å². The standard InChI is InChI=1S/C8H8N2O.C8H8N2.C8H12N2.2CH4/c1-10-7-5-3-2-4-6(7)9-8(10)11;1-10-6-9-7-4-2-3-5-8(7)10;1-6-7-4-2-3-5-8(7)10-9-6;;/h2-5H,1H3,(H,9,11);2-6H,1H3;2-5H2,1H3,(H,9,10);2*1H4. The quantitative estimate of drug-likeness (QED) is 0.337. The van der Waals surface area contributed by atoms with E-state index in [1.165, 1.54) is 48.2 Å². The van der Waals surface area contributed by atoms with Crippen LogP contribution in [0.25, 0.3) is 22.1 Å². The summed E-state index contributed by atoms with van der Waals surface area (Å²) in [7, 11) is 3.75. The molecule has 0 fully saturated rings. The number of para-hydroxylation sites is 4. The van der Waals surface area contributed by atoms with E-state index in [1.54, 1.807) is 11.6 Å². The van der Waals surface area contributed by atoms with E-state index in [4.69, 9.17) is 0 Å². The maximum Gasteiger partial charge on any atom is 0.326 e. The highest BCUT2D eigenvalue weighted by Gasteiger charge is 2.13. The molecule has 0 aliphatic heterocycles. The molecule has 1 aliphatic rings. The Morgan fingerprint density at radius 2 is 1.58 bits per heavy atom. The molecule has 3 aromatic heterocycles. The summed E-state index contributed by atoms with van der Waals surface area (Å²) in [5, 5.41) is 7.26. The fourth-order valence-electron chi connectivity index (χ4n) is 3.90. The lowest BCUT2D eigenvalue weighted by atomic mass is 9.96. The van der Waals surface area contributed by atoms with Gasteiger partial charge in [-0.2, -0.15) is 5.10 Å². The first-order chi connectivity index (χ1) is 15.0. The van der Waals surface area contributed by atoms with Crippen LogP contribution in [-0.4, -0.2) is 29.3 Å². The number of rotatable bonds is 0. The molecular weight excluding hydrogens is 412 g/mol. The topological polar surface area (TPSA) is 84.3 Å². The summed E-state index contributed by atoms with van der Waals surface area (Å²) >= 11 is 0. The summed E-state index contributed by atoms with van der Waals surface area (Å²) in [5.74, 6) is 0. The second kappa shape index (κ2) is 11.3. The van der Waals surface area contributed by atoms with Crippen LogP contribution in [0.1, 0.15) is 44.6 Å². The molecule has 6 rings (SSSR count). The molecule has 0 bridgehead atoms. The van der Waals surface area contributed by atoms with Crippen molar-refractivity contribution in [3.63, 3.8) is 0 Å². The molecule has 0 atom stereocenters. The van der Waals surface area contributed by atoms with Gasteiger partial charge in [0.2, 0.25) is 0 Å². The van der Waals surface area contributed by atoms with Gasteiger partial charge in [0.15, 0.2) is 0 Å². The monoisotopic (exact) mass is 448 g/mol. The zero-order valence-corrected chi connectivity index (χ0v) is 18.2. The van der Waals surface area contributed by atoms with Crippen molar-refractivity contribution in [2.24, 2.45) is 14.1 Å². The zero-order valence-electron chi connectivity index (χ0n) is 18.2. The van der Waals surface area contributed by atoms with Gasteiger partial charge >= 0.3 is 5.69 Å². The lowest BCUT2D eigenvalue weighted by Gasteiger charge is -2.08. The third-order valence-corrected chi connectivity index (χ3v) is 5.69. The Bertz CT molecular complexity index is 1350. The lowest BCUT2D eigenvalue weighted by molar-refractivity contribution is 0.673. The summed E-state index contributed by atoms with van der Waals surface area (Å²) in [6.07, 6.45) is 6.90. The van der Waals surface area contributed by atoms with Crippen molar-refractivity contribution in [2.45, 2.75) is 47.5 Å². The molecule has 0 amide bonds. The molecule has 2 N–H and O–H groups in total. The van der Waals surface area contributed by atoms with Crippen molar-refractivity contribution in [1.29, 1.82) is 0 Å². The van der Waals surface area contributed by atoms with Gasteiger partial charge in [-0.15, -0.1) is 0 Å². The van der Waals surface area contributed by atoms with Gasteiger partial charge in [0, 0.05) is 19.8 Å². The number of hydrogen-bond donors (Lipinski definition) is 2. The van der Waals surface area contributed by atoms with Crippen molar-refractivity contribution < 1.29 is 0 Å². The molecule has 176 valence electrons. The van der Waals surface area contributed by atoms with Crippen LogP contribution >= 0.6 is 0 Å². The van der Waals surface area contributed by atoms with Gasteiger partial charge in [-0.3, -0.25) is 9.67 Å². The highest BCUT2D eigenvalue weighted by molar-refractivity contribution is 5.75. The third-order valence-electron chi connectivity index (χ3n) is 5.69. The largest absolute Gasteiger partial charge is 0.334 e. The number of aromatic nitrogens is 6. The van der Waals surface area contributed by atoms with Crippen LogP contribution < -0.4 is 5.69 Å². The van der Waals surface area contributed by atoms with Gasteiger partial charge in [-0.05, 0) is 62.4 Å². The Labute approximate surface area is 195 Å². The number of imidazole rings is 2. The summed E-state index contributed by atoms with van der Waals surface area (Å²) in [6, 6.07) is 15.7. The van der Waals surface area contributed by atoms with Crippen LogP contribution in [0.3, 0.4) is 0 Å². The predicted octanol–water partition coefficient (Wildman–Crippen LogP) is 5.31. The lowest BCUT2D eigenvalue weighted by Crippen LogP contribution is -2.11. The number of nitrogens with one attached hydrogen (secondary N) is 2. The second-order valence-electron chi connectivity index (χ2n) is 7.83. The Kier molecular flexibility index (Phi) is 8.79. The van der Waals surface area contributed by atoms with Crippen molar-refractivity contribution in [2.75, 3.05) is 0 Å². The maximum atomic E-state index is 11.0. The first-order valence-corrected chi connectivity index (χ1v) is 10.6. The molecule has 0 radical (unpaired) electrons. The van der Waals surface area contributed by atoms with Gasteiger partial charge in [-0.25, -0.2) is 9.78 Å². The van der Waals surface area contributed by atoms with Crippen molar-refractivity contribution in [3.05, 3.63) is 82.3 Å². The fraction of sp³-hybridized carbons (Fsp3) is 0.346. The Balaban J connectivity index is 0.000000170. The molecule has 1 aliphatic carbocycles. The van der Waals surface area contributed by atoms with Crippen LogP contribution in [-0.2, 0) is 26.9 Å². The molecule has 0 spiro atoms. The van der Waals surface area contributed by atoms with Gasteiger partial charge in [-0.1, -0.05) is 39.1 Å². The minimum Gasteiger partial charge on any atom is -0.334 e. The fourth-order valence-corrected chi connectivity index (χ4v) is 3.90. The number of aromatic amines is 2. The molecule has 3 heterocycles. The molecule has 0 saturated heterocycles. The Morgan fingerprint density at radius 1 is 0.909 bits per heavy atom. The SMILES string of the molecule is C.C.Cc1[nH]nc2c1CCCC2.Cn1c(=O)[nH]c2ccccc21.Cn1cnc2ccccc21. The van der Waals surface area contributed by atoms with E-state index in [0.29, 0.717) is 0 Å². The van der Waals surface area contributed by atoms with E-state index in [1.807, 2.05) is 60.4 Å². The highest BCUT2D eigenvalue weighted by Crippen LogP contribution is 2.20. The van der Waals surface area contributed by atoms with E-state index in [2.05, 4.69) is 33.2 Å². The number of benzene rings is 2. The normalized spacial score (nSPS) is 11.8. The molecular formula is C26H36N6O. The van der Waals surface area contributed by atoms with Crippen LogP contribution in [0.2, 0.25) is 0 Å². The number of H-pyrrole nitrogens is 2. The van der Waals surface area contributed by atoms with Crippen LogP contribution in [0.5, 0.6) is 0 Å². The highest BCUT2D eigenvalue weighted by atomic mass is 16.1. The first kappa shape index (κ1) is 25.6. The van der Waals surface area contributed by atoms with Gasteiger partial charge < -0.3 is 9.55 Å². The van der Waals surface area contributed by atoms with Crippen molar-refractivity contribution in [1.82, 2.24) is 29.3 Å². The molecule has 0 saturated carbocycles. The van der Waals surface area contributed by atoms with Crippen LogP contribution in [0, 0.1) is 6.92 Å². The average Bonchev–Trinajstić information content (AvgIpc) is 3.46. The summed E-state index contributed by atoms with van der Waals surface area (Å²) in [4.78, 5) is 18.0. The molecule has 33 heavy (non-hydrogen) atoms. The van der Waals surface area contributed by atoms with Crippen molar-refractivity contribution in [3.8, 4) is 0 Å². The van der Waals surface area contributed by atoms with E-state index < -0.39 is 0 Å². The number of fused-ring (bicyclic) bond motifs is 3. The second-order valence-corrected chi connectivity index (χ2v) is 7.83. The van der Waals surface area contributed by atoms with E-state index in [0.717, 1.165) is 16.6 Å². The average molecular weight is 449 g/mol.